The molecule has 0 heterocycles. The average Bonchev–Trinajstić information content (AvgIpc) is 2.45. The first kappa shape index (κ1) is 20.3. The fourth-order valence-corrected chi connectivity index (χ4v) is 2.84. The Bertz CT molecular complexity index is 472. The van der Waals surface area contributed by atoms with Crippen LogP contribution in [0.4, 0.5) is 4.79 Å². The van der Waals surface area contributed by atoms with Crippen LogP contribution in [0.2, 0.25) is 0 Å². The number of hydrogen-bond donors (Lipinski definition) is 2. The van der Waals surface area contributed by atoms with Crippen molar-refractivity contribution in [2.75, 3.05) is 7.05 Å². The molecule has 0 saturated heterocycles. The molecule has 0 aliphatic heterocycles. The fraction of sp³-hybridized carbons (Fsp3) is 0.824. The second-order valence-corrected chi connectivity index (χ2v) is 7.52. The number of carboxylic acids is 1. The van der Waals surface area contributed by atoms with Gasteiger partial charge in [-0.3, -0.25) is 14.5 Å². The zero-order chi connectivity index (χ0) is 18.5. The van der Waals surface area contributed by atoms with Gasteiger partial charge in [0.1, 0.15) is 11.6 Å². The molecule has 7 heteroatoms. The average molecular weight is 342 g/mol. The lowest BCUT2D eigenvalue weighted by atomic mass is 9.82. The topological polar surface area (TPSA) is 95.9 Å². The van der Waals surface area contributed by atoms with E-state index >= 15 is 0 Å². The van der Waals surface area contributed by atoms with Crippen LogP contribution >= 0.6 is 0 Å². The fourth-order valence-electron chi connectivity index (χ4n) is 2.84. The Morgan fingerprint density at radius 2 is 1.83 bits per heavy atom. The summed E-state index contributed by atoms with van der Waals surface area (Å²) >= 11 is 0. The van der Waals surface area contributed by atoms with Crippen LogP contribution in [-0.2, 0) is 14.3 Å². The molecule has 0 aromatic carbocycles. The van der Waals surface area contributed by atoms with Gasteiger partial charge in [-0.05, 0) is 46.5 Å². The highest BCUT2D eigenvalue weighted by atomic mass is 16.6. The van der Waals surface area contributed by atoms with Crippen molar-refractivity contribution in [2.45, 2.75) is 77.5 Å². The van der Waals surface area contributed by atoms with E-state index in [9.17, 15) is 14.4 Å². The first-order valence-electron chi connectivity index (χ1n) is 8.49. The molecular weight excluding hydrogens is 312 g/mol. The predicted octanol–water partition coefficient (Wildman–Crippen LogP) is 2.39. The predicted molar refractivity (Wildman–Crippen MR) is 89.6 cm³/mol. The molecule has 1 fully saturated rings. The van der Waals surface area contributed by atoms with Crippen LogP contribution in [0.5, 0.6) is 0 Å². The molecule has 24 heavy (non-hydrogen) atoms. The van der Waals surface area contributed by atoms with Gasteiger partial charge in [-0.1, -0.05) is 12.8 Å². The van der Waals surface area contributed by atoms with E-state index in [-0.39, 0.29) is 24.3 Å². The van der Waals surface area contributed by atoms with Crippen LogP contribution in [-0.4, -0.2) is 52.7 Å². The van der Waals surface area contributed by atoms with Crippen molar-refractivity contribution in [3.8, 4) is 0 Å². The Labute approximate surface area is 143 Å². The molecule has 1 rings (SSSR count). The van der Waals surface area contributed by atoms with E-state index in [1.165, 1.54) is 11.9 Å². The Morgan fingerprint density at radius 1 is 1.25 bits per heavy atom. The maximum Gasteiger partial charge on any atom is 0.410 e. The highest BCUT2D eigenvalue weighted by Crippen LogP contribution is 2.27. The summed E-state index contributed by atoms with van der Waals surface area (Å²) in [5.74, 6) is -1.19. The zero-order valence-corrected chi connectivity index (χ0v) is 15.3. The third kappa shape index (κ3) is 6.37. The SMILES string of the molecule is CC(C(=O)NC1CCCCC1CC(=O)O)N(C)C(=O)OC(C)(C)C. The number of rotatable bonds is 5. The number of amides is 2. The van der Waals surface area contributed by atoms with Crippen molar-refractivity contribution >= 4 is 18.0 Å². The van der Waals surface area contributed by atoms with Gasteiger partial charge >= 0.3 is 12.1 Å². The minimum absolute atomic E-state index is 0.0563. The highest BCUT2D eigenvalue weighted by molar-refractivity contribution is 5.85. The van der Waals surface area contributed by atoms with Crippen molar-refractivity contribution in [3.05, 3.63) is 0 Å². The summed E-state index contributed by atoms with van der Waals surface area (Å²) in [6, 6.07) is -0.843. The lowest BCUT2D eigenvalue weighted by molar-refractivity contribution is -0.139. The molecule has 0 aromatic rings. The summed E-state index contributed by atoms with van der Waals surface area (Å²) in [5, 5.41) is 11.9. The molecule has 7 nitrogen and oxygen atoms in total. The second-order valence-electron chi connectivity index (χ2n) is 7.52. The molecule has 3 atom stereocenters. The van der Waals surface area contributed by atoms with Gasteiger partial charge in [0.05, 0.1) is 6.42 Å². The maximum atomic E-state index is 12.4. The van der Waals surface area contributed by atoms with Gasteiger partial charge < -0.3 is 15.2 Å². The number of likely N-dealkylation sites (N-methyl/N-ethyl adjacent to an activating group) is 1. The van der Waals surface area contributed by atoms with Crippen molar-refractivity contribution in [3.63, 3.8) is 0 Å². The number of ether oxygens (including phenoxy) is 1. The number of carbonyl (C=O) groups is 3. The first-order valence-corrected chi connectivity index (χ1v) is 8.49. The van der Waals surface area contributed by atoms with E-state index < -0.39 is 23.7 Å². The largest absolute Gasteiger partial charge is 0.481 e. The number of hydrogen-bond acceptors (Lipinski definition) is 4. The van der Waals surface area contributed by atoms with E-state index in [0.717, 1.165) is 25.7 Å². The van der Waals surface area contributed by atoms with Crippen LogP contribution in [0.15, 0.2) is 0 Å². The summed E-state index contributed by atoms with van der Waals surface area (Å²) in [4.78, 5) is 36.7. The van der Waals surface area contributed by atoms with Gasteiger partial charge in [0.2, 0.25) is 5.91 Å². The molecule has 1 aliphatic rings. The molecule has 0 spiro atoms. The standard InChI is InChI=1S/C17H30N2O5/c1-11(19(5)16(23)24-17(2,3)4)15(22)18-13-9-7-6-8-12(13)10-14(20)21/h11-13H,6-10H2,1-5H3,(H,18,22)(H,20,21). The van der Waals surface area contributed by atoms with Crippen molar-refractivity contribution in [1.29, 1.82) is 0 Å². The number of nitrogens with zero attached hydrogens (tertiary/aromatic N) is 1. The zero-order valence-electron chi connectivity index (χ0n) is 15.3. The van der Waals surface area contributed by atoms with Crippen LogP contribution < -0.4 is 5.32 Å². The summed E-state index contributed by atoms with van der Waals surface area (Å²) < 4.78 is 5.26. The Hall–Kier alpha value is -1.79. The van der Waals surface area contributed by atoms with Crippen LogP contribution in [0.1, 0.15) is 59.8 Å². The van der Waals surface area contributed by atoms with Gasteiger partial charge in [0.25, 0.3) is 0 Å². The first-order chi connectivity index (χ1) is 11.0. The number of nitrogens with one attached hydrogen (secondary N) is 1. The minimum atomic E-state index is -0.847. The van der Waals surface area contributed by atoms with Crippen molar-refractivity contribution in [2.24, 2.45) is 5.92 Å². The molecule has 0 radical (unpaired) electrons. The van der Waals surface area contributed by atoms with E-state index in [1.54, 1.807) is 27.7 Å². The summed E-state index contributed by atoms with van der Waals surface area (Å²) in [5.41, 5.74) is -0.627. The Morgan fingerprint density at radius 3 is 2.38 bits per heavy atom. The Balaban J connectivity index is 2.64. The van der Waals surface area contributed by atoms with E-state index in [2.05, 4.69) is 5.32 Å². The molecule has 0 bridgehead atoms. The Kier molecular flexibility index (Phi) is 7.05. The van der Waals surface area contributed by atoms with E-state index in [4.69, 9.17) is 9.84 Å². The molecular formula is C17H30N2O5. The number of carboxylic acid groups (broad SMARTS) is 1. The monoisotopic (exact) mass is 342 g/mol. The summed E-state index contributed by atoms with van der Waals surface area (Å²) in [6.45, 7) is 6.93. The molecule has 2 amide bonds. The van der Waals surface area contributed by atoms with Crippen LogP contribution in [0, 0.1) is 5.92 Å². The highest BCUT2D eigenvalue weighted by Gasteiger charge is 2.32. The molecule has 2 N–H and O–H groups in total. The van der Waals surface area contributed by atoms with Crippen LogP contribution in [0.25, 0.3) is 0 Å². The van der Waals surface area contributed by atoms with Gasteiger partial charge in [-0.15, -0.1) is 0 Å². The lowest BCUT2D eigenvalue weighted by Gasteiger charge is -2.33. The molecule has 1 saturated carbocycles. The minimum Gasteiger partial charge on any atom is -0.481 e. The van der Waals surface area contributed by atoms with Gasteiger partial charge in [0.15, 0.2) is 0 Å². The van der Waals surface area contributed by atoms with Gasteiger partial charge in [-0.2, -0.15) is 0 Å². The van der Waals surface area contributed by atoms with Crippen molar-refractivity contribution in [1.82, 2.24) is 10.2 Å². The van der Waals surface area contributed by atoms with Crippen LogP contribution in [0.3, 0.4) is 0 Å². The lowest BCUT2D eigenvalue weighted by Crippen LogP contribution is -2.52. The van der Waals surface area contributed by atoms with E-state index in [0.29, 0.717) is 0 Å². The summed E-state index contributed by atoms with van der Waals surface area (Å²) in [6.07, 6.45) is 3.02. The van der Waals surface area contributed by atoms with Gasteiger partial charge in [-0.25, -0.2) is 4.79 Å². The molecule has 3 unspecified atom stereocenters. The number of aliphatic carboxylic acids is 1. The number of carbonyl (C=O) groups excluding carboxylic acids is 2. The maximum absolute atomic E-state index is 12.4. The van der Waals surface area contributed by atoms with E-state index in [1.807, 2.05) is 0 Å². The molecule has 0 aromatic heterocycles. The third-order valence-electron chi connectivity index (χ3n) is 4.32. The normalized spacial score (nSPS) is 22.4. The van der Waals surface area contributed by atoms with Crippen molar-refractivity contribution < 1.29 is 24.2 Å². The third-order valence-corrected chi connectivity index (χ3v) is 4.32. The summed E-state index contributed by atoms with van der Waals surface area (Å²) in [7, 11) is 1.52. The quantitative estimate of drug-likeness (QED) is 0.800. The second kappa shape index (κ2) is 8.35. The van der Waals surface area contributed by atoms with Gasteiger partial charge in [0, 0.05) is 13.1 Å². The molecule has 1 aliphatic carbocycles. The molecule has 138 valence electrons. The smallest absolute Gasteiger partial charge is 0.410 e.